The summed E-state index contributed by atoms with van der Waals surface area (Å²) in [6.45, 7) is 0. The van der Waals surface area contributed by atoms with E-state index in [0.29, 0.717) is 0 Å². The molecule has 0 amide bonds. The number of hydrogen-bond acceptors (Lipinski definition) is 0. The van der Waals surface area contributed by atoms with Crippen LogP contribution in [-0.2, 0) is 14.9 Å². The summed E-state index contributed by atoms with van der Waals surface area (Å²) in [5.74, 6) is 0. The van der Waals surface area contributed by atoms with Crippen molar-refractivity contribution in [1.82, 2.24) is 0 Å². The fourth-order valence-corrected chi connectivity index (χ4v) is 0.684. The van der Waals surface area contributed by atoms with Crippen LogP contribution in [-0.4, -0.2) is 0 Å². The topological polar surface area (TPSA) is 0 Å². The molecule has 76 valence electrons. The van der Waals surface area contributed by atoms with E-state index in [1.54, 1.807) is 0 Å². The van der Waals surface area contributed by atoms with Gasteiger partial charge in [-0.3, -0.25) is 0 Å². The Labute approximate surface area is 122 Å². The molecule has 0 fully saturated rings. The molecule has 0 spiro atoms. The van der Waals surface area contributed by atoms with E-state index in [4.69, 9.17) is 0 Å². The fourth-order valence-electron chi connectivity index (χ4n) is 0.684. The Morgan fingerprint density at radius 1 is 0.600 bits per heavy atom. The zero-order chi connectivity index (χ0) is 11.2. The Morgan fingerprint density at radius 2 is 0.867 bits per heavy atom. The van der Waals surface area contributed by atoms with Crippen molar-refractivity contribution in [3.05, 3.63) is 72.8 Å². The van der Waals surface area contributed by atoms with Gasteiger partial charge < -0.3 is 0 Å². The second-order valence-corrected chi connectivity index (χ2v) is 21.2. The van der Waals surface area contributed by atoms with E-state index in [1.165, 1.54) is 0 Å². The fraction of sp³-hybridized carbons (Fsp3) is 0. The molecule has 0 nitrogen and oxygen atoms in total. The van der Waals surface area contributed by atoms with Gasteiger partial charge in [-0.25, -0.2) is 0 Å². The first kappa shape index (κ1) is 15.8. The Morgan fingerprint density at radius 3 is 0.933 bits per heavy atom. The maximum atomic E-state index is 2.89. The van der Waals surface area contributed by atoms with Crippen molar-refractivity contribution < 1.29 is 14.9 Å². The summed E-state index contributed by atoms with van der Waals surface area (Å²) in [4.78, 5) is 0. The molecule has 0 unspecified atom stereocenters. The quantitative estimate of drug-likeness (QED) is 0.363. The van der Waals surface area contributed by atoms with Crippen LogP contribution < -0.4 is 0 Å². The molecule has 0 saturated carbocycles. The van der Waals surface area contributed by atoms with Crippen molar-refractivity contribution in [3.63, 3.8) is 0 Å². The van der Waals surface area contributed by atoms with Gasteiger partial charge in [-0.2, -0.15) is 72.8 Å². The van der Waals surface area contributed by atoms with E-state index in [0.717, 1.165) is 0 Å². The predicted octanol–water partition coefficient (Wildman–Crippen LogP) is 4.74. The average Bonchev–Trinajstić information content (AvgIpc) is 2.35. The monoisotopic (exact) mass is 498 g/mol. The molecule has 0 saturated heterocycles. The molecule has 2 aromatic rings. The molecule has 0 aliphatic heterocycles. The van der Waals surface area contributed by atoms with Crippen molar-refractivity contribution in [3.8, 4) is 0 Å². The van der Waals surface area contributed by atoms with E-state index in [1.807, 2.05) is 60.7 Å². The first-order chi connectivity index (χ1) is 7.41. The van der Waals surface area contributed by atoms with Crippen LogP contribution in [0.2, 0.25) is 0 Å². The molecular formula is C12H10I2Zr. The van der Waals surface area contributed by atoms with E-state index in [-0.39, 0.29) is 14.9 Å². The summed E-state index contributed by atoms with van der Waals surface area (Å²) < 4.78 is 0. The molecule has 0 atom stereocenters. The average molecular weight is 499 g/mol. The van der Waals surface area contributed by atoms with Crippen LogP contribution in [0.3, 0.4) is 0 Å². The van der Waals surface area contributed by atoms with E-state index in [9.17, 15) is 0 Å². The number of rotatable bonds is 0. The van der Waals surface area contributed by atoms with Gasteiger partial charge in [0.25, 0.3) is 0 Å². The smallest absolute Gasteiger partial charge is 0.171 e. The number of hydrogen-bond donors (Lipinski definition) is 0. The maximum absolute atomic E-state index is 2.89. The minimum absolute atomic E-state index is 0.170. The molecule has 0 aromatic heterocycles. The molecule has 0 heterocycles. The summed E-state index contributed by atoms with van der Waals surface area (Å²) in [5, 5.41) is 0. The van der Waals surface area contributed by atoms with Gasteiger partial charge in [0.1, 0.15) is 0 Å². The SMILES string of the molecule is [I][Zr+2][I].[c-]1ccccc1.[c-]1ccccc1. The van der Waals surface area contributed by atoms with Gasteiger partial charge in [0.05, 0.1) is 0 Å². The second-order valence-electron chi connectivity index (χ2n) is 2.23. The first-order valence-corrected chi connectivity index (χ1v) is 18.8. The molecule has 2 rings (SSSR count). The second kappa shape index (κ2) is 14.8. The standard InChI is InChI=1S/2C6H5.2HI.Zr/c2*1-2-4-6-5-3-1;;;/h2*1-5H;2*1H;/q2*-1;;;+4/p-2. The number of benzene rings is 2. The Balaban J connectivity index is 0.000000210. The first-order valence-electron chi connectivity index (χ1n) is 4.20. The molecule has 0 N–H and O–H groups in total. The Bertz CT molecular complexity index is 202. The third kappa shape index (κ3) is 14.8. The summed E-state index contributed by atoms with van der Waals surface area (Å²) in [5.41, 5.74) is 0. The molecule has 3 heteroatoms. The van der Waals surface area contributed by atoms with Crippen molar-refractivity contribution in [2.75, 3.05) is 0 Å². The minimum atomic E-state index is 0.170. The van der Waals surface area contributed by atoms with Crippen LogP contribution in [0, 0.1) is 12.1 Å². The van der Waals surface area contributed by atoms with Gasteiger partial charge in [-0.1, -0.05) is 0 Å². The van der Waals surface area contributed by atoms with Gasteiger partial charge in [-0.05, 0) is 0 Å². The van der Waals surface area contributed by atoms with Gasteiger partial charge in [0.15, 0.2) is 0 Å². The number of halogens is 2. The van der Waals surface area contributed by atoms with E-state index < -0.39 is 0 Å². The molecule has 15 heavy (non-hydrogen) atoms. The molecule has 0 aliphatic rings. The maximum Gasteiger partial charge on any atom is -0.171 e. The van der Waals surface area contributed by atoms with Crippen LogP contribution in [0.1, 0.15) is 0 Å². The molecule has 0 radical (unpaired) electrons. The zero-order valence-corrected chi connectivity index (χ0v) is 14.8. The van der Waals surface area contributed by atoms with Crippen LogP contribution in [0.25, 0.3) is 0 Å². The molecule has 0 bridgehead atoms. The van der Waals surface area contributed by atoms with Gasteiger partial charge in [-0.15, -0.1) is 0 Å². The van der Waals surface area contributed by atoms with E-state index in [2.05, 4.69) is 48.2 Å². The summed E-state index contributed by atoms with van der Waals surface area (Å²) in [7, 11) is 0. The van der Waals surface area contributed by atoms with Crippen LogP contribution in [0.15, 0.2) is 60.7 Å². The van der Waals surface area contributed by atoms with E-state index >= 15 is 0 Å². The zero-order valence-electron chi connectivity index (χ0n) is 8.03. The summed E-state index contributed by atoms with van der Waals surface area (Å²) in [6, 6.07) is 25.0. The molecule has 2 aromatic carbocycles. The largest absolute Gasteiger partial charge is 0.184 e. The normalized spacial score (nSPS) is 7.07. The Kier molecular flexibility index (Phi) is 15.6. The van der Waals surface area contributed by atoms with Crippen molar-refractivity contribution in [1.29, 1.82) is 0 Å². The van der Waals surface area contributed by atoms with Crippen molar-refractivity contribution in [2.24, 2.45) is 0 Å². The third-order valence-electron chi connectivity index (χ3n) is 1.21. The Hall–Kier alpha value is 0.783. The summed E-state index contributed by atoms with van der Waals surface area (Å²) >= 11 is 5.06. The van der Waals surface area contributed by atoms with Crippen LogP contribution in [0.5, 0.6) is 0 Å². The third-order valence-corrected chi connectivity index (χ3v) is 1.21. The summed E-state index contributed by atoms with van der Waals surface area (Å²) in [6.07, 6.45) is 0. The van der Waals surface area contributed by atoms with Crippen LogP contribution in [0.4, 0.5) is 0 Å². The molecular weight excluding hydrogens is 489 g/mol. The van der Waals surface area contributed by atoms with Gasteiger partial charge in [0.2, 0.25) is 0 Å². The minimum Gasteiger partial charge on any atom is -0.184 e. The molecule has 0 aliphatic carbocycles. The predicted molar refractivity (Wildman–Crippen MR) is 78.6 cm³/mol. The van der Waals surface area contributed by atoms with Crippen molar-refractivity contribution in [2.45, 2.75) is 0 Å². The van der Waals surface area contributed by atoms with Gasteiger partial charge in [0, 0.05) is 0 Å². The van der Waals surface area contributed by atoms with Crippen LogP contribution >= 0.6 is 36.1 Å². The van der Waals surface area contributed by atoms with Crippen molar-refractivity contribution >= 4 is 36.1 Å². The van der Waals surface area contributed by atoms with Gasteiger partial charge >= 0.3 is 50.9 Å².